The van der Waals surface area contributed by atoms with E-state index in [2.05, 4.69) is 102 Å². The summed E-state index contributed by atoms with van der Waals surface area (Å²) in [7, 11) is 0. The summed E-state index contributed by atoms with van der Waals surface area (Å²) in [5.41, 5.74) is 13.7. The molecule has 1 N–H and O–H groups in total. The summed E-state index contributed by atoms with van der Waals surface area (Å²) in [4.78, 5) is 20.6. The number of aliphatic hydroxyl groups is 1. The zero-order chi connectivity index (χ0) is 28.4. The minimum Gasteiger partial charge on any atom is -0.512 e. The summed E-state index contributed by atoms with van der Waals surface area (Å²) < 4.78 is 0. The molecule has 0 bridgehead atoms. The molecule has 0 saturated carbocycles. The number of aliphatic hydroxyl groups excluding tert-OH is 1. The fourth-order valence-electron chi connectivity index (χ4n) is 5.43. The Morgan fingerprint density at radius 3 is 1.35 bits per heavy atom. The quantitative estimate of drug-likeness (QED) is 0.151. The monoisotopic (exact) mass is 574 g/mol. The Labute approximate surface area is 247 Å². The molecule has 1 aliphatic rings. The number of aryl methyl sites for hydroxylation is 6. The zero-order valence-electron chi connectivity index (χ0n) is 24.4. The van der Waals surface area contributed by atoms with Gasteiger partial charge in [0.25, 0.3) is 0 Å². The number of allylic oxidation sites excluding steroid dienone is 2. The topological polar surface area (TPSA) is 62.0 Å². The molecule has 4 aromatic rings. The Balaban J connectivity index is 0.000000492. The third kappa shape index (κ3) is 6.49. The van der Waals surface area contributed by atoms with Gasteiger partial charge >= 0.3 is 0 Å². The Bertz CT molecular complexity index is 1550. The third-order valence-electron chi connectivity index (χ3n) is 6.77. The maximum atomic E-state index is 10.0. The number of hydrogen-bond acceptors (Lipinski definition) is 4. The molecule has 4 nitrogen and oxygen atoms in total. The van der Waals surface area contributed by atoms with Crippen LogP contribution in [0.2, 0.25) is 0 Å². The van der Waals surface area contributed by atoms with E-state index in [1.807, 2.05) is 0 Å². The van der Waals surface area contributed by atoms with Crippen molar-refractivity contribution in [1.82, 2.24) is 0 Å². The first-order valence-corrected chi connectivity index (χ1v) is 13.2. The van der Waals surface area contributed by atoms with Crippen LogP contribution in [0.3, 0.4) is 0 Å². The number of ketones is 1. The van der Waals surface area contributed by atoms with E-state index in [0.29, 0.717) is 0 Å². The van der Waals surface area contributed by atoms with Crippen LogP contribution in [0.25, 0.3) is 10.8 Å². The number of benzene rings is 4. The van der Waals surface area contributed by atoms with E-state index >= 15 is 0 Å². The Hall–Kier alpha value is -3.82. The van der Waals surface area contributed by atoms with Crippen molar-refractivity contribution in [3.05, 3.63) is 117 Å². The molecule has 0 radical (unpaired) electrons. The van der Waals surface area contributed by atoms with Crippen LogP contribution in [0, 0.1) is 41.5 Å². The average Bonchev–Trinajstić information content (AvgIpc) is 3.12. The van der Waals surface area contributed by atoms with Gasteiger partial charge in [0, 0.05) is 39.1 Å². The fraction of sp³-hybridized carbons (Fsp3) is 0.229. The molecule has 0 amide bonds. The van der Waals surface area contributed by atoms with E-state index in [1.165, 1.54) is 75.2 Å². The van der Waals surface area contributed by atoms with Crippen LogP contribution < -0.4 is 0 Å². The van der Waals surface area contributed by atoms with Gasteiger partial charge in [-0.3, -0.25) is 4.79 Å². The average molecular weight is 575 g/mol. The summed E-state index contributed by atoms with van der Waals surface area (Å²) in [5.74, 6) is -0.0625. The van der Waals surface area contributed by atoms with Gasteiger partial charge in [-0.2, -0.15) is 0 Å². The molecular formula is C35H36N2NiO2. The summed E-state index contributed by atoms with van der Waals surface area (Å²) in [6, 6.07) is 21.8. The van der Waals surface area contributed by atoms with E-state index in [0.717, 1.165) is 22.8 Å². The van der Waals surface area contributed by atoms with Gasteiger partial charge in [0.1, 0.15) is 0 Å². The van der Waals surface area contributed by atoms with Crippen molar-refractivity contribution >= 4 is 39.4 Å². The van der Waals surface area contributed by atoms with Crippen LogP contribution in [0.15, 0.2) is 82.5 Å². The summed E-state index contributed by atoms with van der Waals surface area (Å²) in [6.45, 7) is 15.7. The molecule has 0 heterocycles. The van der Waals surface area contributed by atoms with Crippen LogP contribution >= 0.6 is 0 Å². The Morgan fingerprint density at radius 2 is 1.05 bits per heavy atom. The first kappa shape index (κ1) is 30.7. The maximum absolute atomic E-state index is 10.0. The van der Waals surface area contributed by atoms with Crippen molar-refractivity contribution in [2.75, 3.05) is 0 Å². The van der Waals surface area contributed by atoms with E-state index in [-0.39, 0.29) is 28.0 Å². The molecule has 0 spiro atoms. The predicted octanol–water partition coefficient (Wildman–Crippen LogP) is 8.98. The van der Waals surface area contributed by atoms with Crippen molar-refractivity contribution in [2.24, 2.45) is 9.98 Å². The van der Waals surface area contributed by atoms with Gasteiger partial charge in [-0.05, 0) is 83.0 Å². The largest absolute Gasteiger partial charge is 0.512 e. The molecule has 4 aromatic carbocycles. The van der Waals surface area contributed by atoms with Crippen molar-refractivity contribution in [3.8, 4) is 0 Å². The molecule has 0 saturated heterocycles. The number of aliphatic imine (C=N–C) groups is 2. The molecule has 0 aromatic heterocycles. The van der Waals surface area contributed by atoms with Crippen molar-refractivity contribution < 1.29 is 26.4 Å². The molecule has 0 atom stereocenters. The van der Waals surface area contributed by atoms with Gasteiger partial charge in [0.05, 0.1) is 28.6 Å². The van der Waals surface area contributed by atoms with Gasteiger partial charge < -0.3 is 5.11 Å². The second-order valence-electron chi connectivity index (χ2n) is 10.5. The molecule has 40 heavy (non-hydrogen) atoms. The first-order chi connectivity index (χ1) is 18.5. The Morgan fingerprint density at radius 1 is 0.675 bits per heavy atom. The van der Waals surface area contributed by atoms with Gasteiger partial charge in [0.15, 0.2) is 5.78 Å². The number of carbonyl (C=O) groups is 1. The number of rotatable bonds is 3. The van der Waals surface area contributed by atoms with Crippen LogP contribution in [0.4, 0.5) is 11.4 Å². The first-order valence-electron chi connectivity index (χ1n) is 13.2. The van der Waals surface area contributed by atoms with Gasteiger partial charge in [-0.1, -0.05) is 71.8 Å². The molecular weight excluding hydrogens is 539 g/mol. The SMILES string of the molecule is CC(=O)/C=C(/C)O.Cc1cc(C)c(N=C2C(=Nc3c(C)cc(C)cc3C)c3cccc4cccc2c34)c(C)c1.[Ni]. The standard InChI is InChI=1S/C30H28N2.C5H8O2.Ni/c1-17-13-19(3)27(20(4)14-17)31-29-24-11-7-9-23-10-8-12-25(26(23)24)30(29)32-28-21(5)15-18(2)16-22(28)6;1-4(6)3-5(2)7;/h7-16H,1-6H3;3,6H,1-2H3;/b;4-3-;. The molecule has 0 aliphatic heterocycles. The van der Waals surface area contributed by atoms with E-state index in [4.69, 9.17) is 15.1 Å². The number of hydrogen-bond donors (Lipinski definition) is 1. The third-order valence-corrected chi connectivity index (χ3v) is 6.77. The smallest absolute Gasteiger partial charge is 0.155 e. The van der Waals surface area contributed by atoms with Gasteiger partial charge in [-0.15, -0.1) is 0 Å². The number of nitrogens with zero attached hydrogens (tertiary/aromatic N) is 2. The predicted molar refractivity (Wildman–Crippen MR) is 165 cm³/mol. The van der Waals surface area contributed by atoms with E-state index < -0.39 is 0 Å². The van der Waals surface area contributed by atoms with Gasteiger partial charge in [-0.25, -0.2) is 9.98 Å². The van der Waals surface area contributed by atoms with Crippen LogP contribution in [0.5, 0.6) is 0 Å². The Kier molecular flexibility index (Phi) is 9.66. The summed E-state index contributed by atoms with van der Waals surface area (Å²) >= 11 is 0. The maximum Gasteiger partial charge on any atom is 0.155 e. The molecule has 0 unspecified atom stereocenters. The molecule has 208 valence electrons. The van der Waals surface area contributed by atoms with Crippen LogP contribution in [-0.4, -0.2) is 22.3 Å². The van der Waals surface area contributed by atoms with Crippen LogP contribution in [0.1, 0.15) is 58.4 Å². The molecule has 1 aliphatic carbocycles. The van der Waals surface area contributed by atoms with Gasteiger partial charge in [0.2, 0.25) is 0 Å². The summed E-state index contributed by atoms with van der Waals surface area (Å²) in [6.07, 6.45) is 1.17. The van der Waals surface area contributed by atoms with Crippen molar-refractivity contribution in [2.45, 2.75) is 55.4 Å². The van der Waals surface area contributed by atoms with E-state index in [9.17, 15) is 4.79 Å². The van der Waals surface area contributed by atoms with E-state index in [1.54, 1.807) is 0 Å². The second kappa shape index (κ2) is 12.6. The molecule has 5 heteroatoms. The zero-order valence-corrected chi connectivity index (χ0v) is 25.4. The van der Waals surface area contributed by atoms with Crippen molar-refractivity contribution in [1.29, 1.82) is 0 Å². The minimum absolute atomic E-state index is 0. The molecule has 0 fully saturated rings. The van der Waals surface area contributed by atoms with Crippen LogP contribution in [-0.2, 0) is 21.3 Å². The molecule has 5 rings (SSSR count). The summed E-state index contributed by atoms with van der Waals surface area (Å²) in [5, 5.41) is 10.8. The second-order valence-corrected chi connectivity index (χ2v) is 10.5. The fourth-order valence-corrected chi connectivity index (χ4v) is 5.43. The minimum atomic E-state index is -0.125. The van der Waals surface area contributed by atoms with Crippen molar-refractivity contribution in [3.63, 3.8) is 0 Å². The normalized spacial score (nSPS) is 14.2. The number of carbonyl (C=O) groups excluding carboxylic acids is 1.